The zero-order chi connectivity index (χ0) is 10.8. The van der Waals surface area contributed by atoms with Gasteiger partial charge in [0.05, 0.1) is 11.2 Å². The van der Waals surface area contributed by atoms with Gasteiger partial charge in [-0.05, 0) is 13.8 Å². The highest BCUT2D eigenvalue weighted by Gasteiger charge is 2.18. The quantitative estimate of drug-likeness (QED) is 0.744. The number of ketones is 1. The minimum atomic E-state index is -0.0400. The zero-order valence-corrected chi connectivity index (χ0v) is 9.41. The van der Waals surface area contributed by atoms with Crippen molar-refractivity contribution in [2.75, 3.05) is 0 Å². The number of carbonyl (C=O) groups is 1. The largest absolute Gasteiger partial charge is 0.328 e. The van der Waals surface area contributed by atoms with Crippen LogP contribution in [0.2, 0.25) is 0 Å². The lowest BCUT2D eigenvalue weighted by Gasteiger charge is -2.01. The molecular formula is C10H11N3OS. The Morgan fingerprint density at radius 3 is 2.93 bits per heavy atom. The zero-order valence-electron chi connectivity index (χ0n) is 8.60. The van der Waals surface area contributed by atoms with Gasteiger partial charge in [0.1, 0.15) is 4.88 Å². The molecule has 0 aliphatic heterocycles. The van der Waals surface area contributed by atoms with Crippen molar-refractivity contribution in [3.63, 3.8) is 0 Å². The van der Waals surface area contributed by atoms with E-state index >= 15 is 0 Å². The van der Waals surface area contributed by atoms with Gasteiger partial charge in [-0.15, -0.1) is 11.3 Å². The van der Waals surface area contributed by atoms with Gasteiger partial charge in [0.15, 0.2) is 5.82 Å². The van der Waals surface area contributed by atoms with E-state index in [0.717, 1.165) is 12.2 Å². The SMILES string of the molecule is CCn1ccnc1C(=O)c1scnc1C. The smallest absolute Gasteiger partial charge is 0.240 e. The van der Waals surface area contributed by atoms with Crippen molar-refractivity contribution < 1.29 is 4.79 Å². The number of imidazole rings is 1. The summed E-state index contributed by atoms with van der Waals surface area (Å²) in [7, 11) is 0. The van der Waals surface area contributed by atoms with Crippen LogP contribution in [0.5, 0.6) is 0 Å². The summed E-state index contributed by atoms with van der Waals surface area (Å²) in [6.07, 6.45) is 3.46. The Bertz CT molecular complexity index is 486. The van der Waals surface area contributed by atoms with E-state index in [4.69, 9.17) is 0 Å². The highest BCUT2D eigenvalue weighted by molar-refractivity contribution is 7.12. The molecule has 0 aliphatic rings. The van der Waals surface area contributed by atoms with Crippen molar-refractivity contribution in [3.8, 4) is 0 Å². The van der Waals surface area contributed by atoms with Crippen molar-refractivity contribution in [1.29, 1.82) is 0 Å². The Labute approximate surface area is 91.6 Å². The average molecular weight is 221 g/mol. The minimum absolute atomic E-state index is 0.0400. The lowest BCUT2D eigenvalue weighted by molar-refractivity contribution is 0.102. The van der Waals surface area contributed by atoms with Gasteiger partial charge in [-0.3, -0.25) is 4.79 Å². The first kappa shape index (κ1) is 10.0. The van der Waals surface area contributed by atoms with E-state index in [1.807, 2.05) is 24.6 Å². The van der Waals surface area contributed by atoms with Crippen LogP contribution in [0.25, 0.3) is 0 Å². The number of carbonyl (C=O) groups excluding carboxylic acids is 1. The first-order valence-corrected chi connectivity index (χ1v) is 5.58. The predicted molar refractivity (Wildman–Crippen MR) is 58.2 cm³/mol. The molecule has 0 amide bonds. The molecule has 78 valence electrons. The van der Waals surface area contributed by atoms with Gasteiger partial charge >= 0.3 is 0 Å². The van der Waals surface area contributed by atoms with Gasteiger partial charge in [-0.2, -0.15) is 0 Å². The summed E-state index contributed by atoms with van der Waals surface area (Å²) in [5.41, 5.74) is 2.46. The third-order valence-corrected chi connectivity index (χ3v) is 3.14. The van der Waals surface area contributed by atoms with Crippen molar-refractivity contribution in [2.24, 2.45) is 0 Å². The van der Waals surface area contributed by atoms with Gasteiger partial charge in [-0.1, -0.05) is 0 Å². The van der Waals surface area contributed by atoms with E-state index in [-0.39, 0.29) is 5.78 Å². The number of aryl methyl sites for hydroxylation is 2. The predicted octanol–water partition coefficient (Wildman–Crippen LogP) is 1.90. The number of aromatic nitrogens is 3. The molecule has 0 spiro atoms. The number of thiazole rings is 1. The van der Waals surface area contributed by atoms with Crippen LogP contribution < -0.4 is 0 Å². The summed E-state index contributed by atoms with van der Waals surface area (Å²) in [5, 5.41) is 0. The molecule has 2 aromatic heterocycles. The van der Waals surface area contributed by atoms with E-state index in [1.54, 1.807) is 11.7 Å². The standard InChI is InChI=1S/C10H11N3OS/c1-3-13-5-4-11-10(13)8(14)9-7(2)12-6-15-9/h4-6H,3H2,1-2H3. The van der Waals surface area contributed by atoms with Crippen LogP contribution in [0.15, 0.2) is 17.9 Å². The van der Waals surface area contributed by atoms with Gasteiger partial charge in [0.25, 0.3) is 0 Å². The molecule has 4 nitrogen and oxygen atoms in total. The highest BCUT2D eigenvalue weighted by atomic mass is 32.1. The van der Waals surface area contributed by atoms with Crippen LogP contribution in [0.3, 0.4) is 0 Å². The number of nitrogens with zero attached hydrogens (tertiary/aromatic N) is 3. The molecule has 0 radical (unpaired) electrons. The average Bonchev–Trinajstić information content (AvgIpc) is 2.84. The molecule has 0 atom stereocenters. The van der Waals surface area contributed by atoms with Crippen molar-refractivity contribution in [3.05, 3.63) is 34.3 Å². The van der Waals surface area contributed by atoms with Crippen LogP contribution >= 0.6 is 11.3 Å². The Balaban J connectivity index is 2.41. The monoisotopic (exact) mass is 221 g/mol. The first-order chi connectivity index (χ1) is 7.24. The van der Waals surface area contributed by atoms with E-state index in [9.17, 15) is 4.79 Å². The summed E-state index contributed by atoms with van der Waals surface area (Å²) >= 11 is 1.36. The molecule has 0 N–H and O–H groups in total. The molecule has 0 unspecified atom stereocenters. The minimum Gasteiger partial charge on any atom is -0.328 e. The topological polar surface area (TPSA) is 47.8 Å². The van der Waals surface area contributed by atoms with Crippen molar-refractivity contribution in [2.45, 2.75) is 20.4 Å². The maximum absolute atomic E-state index is 12.1. The molecule has 0 saturated carbocycles. The Kier molecular flexibility index (Phi) is 2.64. The molecule has 5 heteroatoms. The molecule has 2 aromatic rings. The number of rotatable bonds is 3. The lowest BCUT2D eigenvalue weighted by atomic mass is 10.2. The molecule has 2 heterocycles. The van der Waals surface area contributed by atoms with Crippen molar-refractivity contribution >= 4 is 17.1 Å². The fraction of sp³-hybridized carbons (Fsp3) is 0.300. The molecular weight excluding hydrogens is 210 g/mol. The van der Waals surface area contributed by atoms with Gasteiger partial charge < -0.3 is 4.57 Å². The molecule has 2 rings (SSSR count). The second-order valence-corrected chi connectivity index (χ2v) is 3.99. The second-order valence-electron chi connectivity index (χ2n) is 3.13. The van der Waals surface area contributed by atoms with Gasteiger partial charge in [0, 0.05) is 18.9 Å². The number of hydrogen-bond donors (Lipinski definition) is 0. The second kappa shape index (κ2) is 3.94. The van der Waals surface area contributed by atoms with E-state index < -0.39 is 0 Å². The maximum atomic E-state index is 12.1. The van der Waals surface area contributed by atoms with E-state index in [0.29, 0.717) is 10.7 Å². The summed E-state index contributed by atoms with van der Waals surface area (Å²) in [4.78, 5) is 20.9. The summed E-state index contributed by atoms with van der Waals surface area (Å²) in [6.45, 7) is 4.57. The Morgan fingerprint density at radius 2 is 2.33 bits per heavy atom. The van der Waals surface area contributed by atoms with Crippen LogP contribution in [-0.2, 0) is 6.54 Å². The fourth-order valence-corrected chi connectivity index (χ4v) is 2.13. The summed E-state index contributed by atoms with van der Waals surface area (Å²) in [5.74, 6) is 0.451. The number of hydrogen-bond acceptors (Lipinski definition) is 4. The van der Waals surface area contributed by atoms with Crippen LogP contribution in [0.4, 0.5) is 0 Å². The molecule has 0 bridgehead atoms. The van der Waals surface area contributed by atoms with Crippen molar-refractivity contribution in [1.82, 2.24) is 14.5 Å². The Morgan fingerprint density at radius 1 is 1.53 bits per heavy atom. The molecule has 15 heavy (non-hydrogen) atoms. The van der Waals surface area contributed by atoms with E-state index in [1.165, 1.54) is 11.3 Å². The fourth-order valence-electron chi connectivity index (χ4n) is 1.39. The van der Waals surface area contributed by atoms with Gasteiger partial charge in [-0.25, -0.2) is 9.97 Å². The normalized spacial score (nSPS) is 10.5. The first-order valence-electron chi connectivity index (χ1n) is 4.70. The van der Waals surface area contributed by atoms with Crippen LogP contribution in [0.1, 0.15) is 28.1 Å². The highest BCUT2D eigenvalue weighted by Crippen LogP contribution is 2.16. The lowest BCUT2D eigenvalue weighted by Crippen LogP contribution is -2.10. The third kappa shape index (κ3) is 1.70. The summed E-state index contributed by atoms with van der Waals surface area (Å²) in [6, 6.07) is 0. The third-order valence-electron chi connectivity index (χ3n) is 2.21. The molecule has 0 saturated heterocycles. The molecule has 0 aliphatic carbocycles. The van der Waals surface area contributed by atoms with Gasteiger partial charge in [0.2, 0.25) is 5.78 Å². The Hall–Kier alpha value is -1.49. The summed E-state index contributed by atoms with van der Waals surface area (Å²) < 4.78 is 1.83. The van der Waals surface area contributed by atoms with E-state index in [2.05, 4.69) is 9.97 Å². The van der Waals surface area contributed by atoms with Crippen LogP contribution in [0, 0.1) is 6.92 Å². The molecule has 0 fully saturated rings. The maximum Gasteiger partial charge on any atom is 0.240 e. The molecule has 0 aromatic carbocycles. The van der Waals surface area contributed by atoms with Crippen LogP contribution in [-0.4, -0.2) is 20.3 Å².